The van der Waals surface area contributed by atoms with Crippen molar-refractivity contribution >= 4 is 41.3 Å². The molecule has 6 heteroatoms. The van der Waals surface area contributed by atoms with E-state index in [0.29, 0.717) is 12.6 Å². The average Bonchev–Trinajstić information content (AvgIpc) is 3.01. The molecule has 1 aromatic rings. The summed E-state index contributed by atoms with van der Waals surface area (Å²) in [6.45, 7) is 3.46. The number of hydrogen-bond acceptors (Lipinski definition) is 3. The van der Waals surface area contributed by atoms with Crippen LogP contribution in [0, 0.1) is 0 Å². The Balaban J connectivity index is 0.00000242. The van der Waals surface area contributed by atoms with E-state index >= 15 is 0 Å². The number of rotatable bonds is 6. The number of nitrogens with one attached hydrogen (secondary N) is 1. The SMILES string of the molecule is COCC(C)NC(N)=NCC1(c2cccs2)CCCCC1.I. The van der Waals surface area contributed by atoms with Gasteiger partial charge >= 0.3 is 0 Å². The van der Waals surface area contributed by atoms with Gasteiger partial charge in [0.05, 0.1) is 13.2 Å². The van der Waals surface area contributed by atoms with E-state index in [1.807, 2.05) is 18.3 Å². The number of guanidine groups is 1. The second kappa shape index (κ2) is 9.72. The Morgan fingerprint density at radius 3 is 2.77 bits per heavy atom. The number of nitrogens with zero attached hydrogens (tertiary/aromatic N) is 1. The Hall–Kier alpha value is -0.340. The zero-order valence-corrected chi connectivity index (χ0v) is 16.7. The summed E-state index contributed by atoms with van der Waals surface area (Å²) in [6, 6.07) is 4.58. The molecule has 1 aromatic heterocycles. The van der Waals surface area contributed by atoms with Crippen LogP contribution in [0.2, 0.25) is 0 Å². The third kappa shape index (κ3) is 5.38. The first-order valence-electron chi connectivity index (χ1n) is 7.76. The molecule has 1 aliphatic carbocycles. The number of methoxy groups -OCH3 is 1. The minimum absolute atomic E-state index is 0. The number of aliphatic imine (C=N–C) groups is 1. The molecule has 0 bridgehead atoms. The maximum atomic E-state index is 6.02. The molecule has 0 aliphatic heterocycles. The van der Waals surface area contributed by atoms with E-state index in [2.05, 4.69) is 27.8 Å². The van der Waals surface area contributed by atoms with E-state index in [0.717, 1.165) is 6.54 Å². The van der Waals surface area contributed by atoms with E-state index in [1.165, 1.54) is 37.0 Å². The topological polar surface area (TPSA) is 59.6 Å². The largest absolute Gasteiger partial charge is 0.383 e. The van der Waals surface area contributed by atoms with Gasteiger partial charge in [-0.3, -0.25) is 4.99 Å². The van der Waals surface area contributed by atoms with Crippen molar-refractivity contribution in [2.75, 3.05) is 20.3 Å². The van der Waals surface area contributed by atoms with E-state index in [9.17, 15) is 0 Å². The van der Waals surface area contributed by atoms with Crippen LogP contribution < -0.4 is 11.1 Å². The number of halogens is 1. The van der Waals surface area contributed by atoms with Crippen LogP contribution in [0.15, 0.2) is 22.5 Å². The van der Waals surface area contributed by atoms with Crippen molar-refractivity contribution in [3.05, 3.63) is 22.4 Å². The molecule has 1 heterocycles. The van der Waals surface area contributed by atoms with Crippen LogP contribution in [-0.4, -0.2) is 32.3 Å². The van der Waals surface area contributed by atoms with E-state index in [-0.39, 0.29) is 35.4 Å². The summed E-state index contributed by atoms with van der Waals surface area (Å²) >= 11 is 1.85. The van der Waals surface area contributed by atoms with Gasteiger partial charge in [-0.25, -0.2) is 0 Å². The van der Waals surface area contributed by atoms with Gasteiger partial charge in [-0.15, -0.1) is 35.3 Å². The van der Waals surface area contributed by atoms with Crippen LogP contribution in [0.1, 0.15) is 43.9 Å². The van der Waals surface area contributed by atoms with Crippen LogP contribution in [-0.2, 0) is 10.2 Å². The van der Waals surface area contributed by atoms with Crippen molar-refractivity contribution in [3.63, 3.8) is 0 Å². The molecule has 0 spiro atoms. The minimum Gasteiger partial charge on any atom is -0.383 e. The Morgan fingerprint density at radius 2 is 2.18 bits per heavy atom. The third-order valence-electron chi connectivity index (χ3n) is 4.22. The van der Waals surface area contributed by atoms with Crippen molar-refractivity contribution in [1.29, 1.82) is 0 Å². The smallest absolute Gasteiger partial charge is 0.188 e. The van der Waals surface area contributed by atoms with Crippen LogP contribution >= 0.6 is 35.3 Å². The van der Waals surface area contributed by atoms with Crippen LogP contribution in [0.3, 0.4) is 0 Å². The highest BCUT2D eigenvalue weighted by Crippen LogP contribution is 2.41. The van der Waals surface area contributed by atoms with Crippen molar-refractivity contribution in [3.8, 4) is 0 Å². The number of nitrogens with two attached hydrogens (primary N) is 1. The Morgan fingerprint density at radius 1 is 1.45 bits per heavy atom. The minimum atomic E-state index is 0. The van der Waals surface area contributed by atoms with Crippen LogP contribution in [0.4, 0.5) is 0 Å². The highest BCUT2D eigenvalue weighted by atomic mass is 127. The molecule has 1 aliphatic rings. The predicted molar refractivity (Wildman–Crippen MR) is 105 cm³/mol. The highest BCUT2D eigenvalue weighted by Gasteiger charge is 2.34. The predicted octanol–water partition coefficient (Wildman–Crippen LogP) is 3.51. The van der Waals surface area contributed by atoms with Crippen LogP contribution in [0.25, 0.3) is 0 Å². The summed E-state index contributed by atoms with van der Waals surface area (Å²) in [6.07, 6.45) is 6.37. The fourth-order valence-electron chi connectivity index (χ4n) is 3.12. The van der Waals surface area contributed by atoms with Gasteiger partial charge in [0.15, 0.2) is 5.96 Å². The molecule has 0 aromatic carbocycles. The van der Waals surface area contributed by atoms with Gasteiger partial charge in [-0.1, -0.05) is 25.3 Å². The van der Waals surface area contributed by atoms with E-state index in [1.54, 1.807) is 7.11 Å². The van der Waals surface area contributed by atoms with Crippen molar-refractivity contribution in [2.24, 2.45) is 10.7 Å². The quantitative estimate of drug-likeness (QED) is 0.407. The summed E-state index contributed by atoms with van der Waals surface area (Å²) in [4.78, 5) is 6.09. The molecule has 0 radical (unpaired) electrons. The molecular formula is C16H28IN3OS. The molecule has 22 heavy (non-hydrogen) atoms. The van der Waals surface area contributed by atoms with Gasteiger partial charge in [0.1, 0.15) is 0 Å². The molecule has 1 fully saturated rings. The van der Waals surface area contributed by atoms with Gasteiger partial charge in [0.25, 0.3) is 0 Å². The Kier molecular flexibility index (Phi) is 8.71. The molecular weight excluding hydrogens is 409 g/mol. The number of ether oxygens (including phenoxy) is 1. The second-order valence-corrected chi connectivity index (χ2v) is 6.97. The monoisotopic (exact) mass is 437 g/mol. The van der Waals surface area contributed by atoms with E-state index in [4.69, 9.17) is 10.5 Å². The normalized spacial score (nSPS) is 19.3. The molecule has 4 nitrogen and oxygen atoms in total. The molecule has 0 amide bonds. The third-order valence-corrected chi connectivity index (χ3v) is 5.33. The van der Waals surface area contributed by atoms with Gasteiger partial charge in [0.2, 0.25) is 0 Å². The standard InChI is InChI=1S/C16H27N3OS.HI/c1-13(11-20-2)19-15(17)18-12-16(8-4-3-5-9-16)14-7-6-10-21-14;/h6-7,10,13H,3-5,8-9,11-12H2,1-2H3,(H3,17,18,19);1H. The lowest BCUT2D eigenvalue weighted by Crippen LogP contribution is -2.42. The first kappa shape index (κ1) is 19.7. The number of hydrogen-bond donors (Lipinski definition) is 2. The second-order valence-electron chi connectivity index (χ2n) is 6.02. The summed E-state index contributed by atoms with van der Waals surface area (Å²) in [5, 5.41) is 5.35. The summed E-state index contributed by atoms with van der Waals surface area (Å²) in [5.41, 5.74) is 6.22. The molecule has 2 rings (SSSR count). The summed E-state index contributed by atoms with van der Waals surface area (Å²) in [7, 11) is 1.69. The molecule has 126 valence electrons. The zero-order chi connectivity index (χ0) is 15.1. The van der Waals surface area contributed by atoms with Gasteiger partial charge in [0, 0.05) is 23.4 Å². The van der Waals surface area contributed by atoms with E-state index < -0.39 is 0 Å². The summed E-state index contributed by atoms with van der Waals surface area (Å²) in [5.74, 6) is 0.529. The maximum absolute atomic E-state index is 6.02. The lowest BCUT2D eigenvalue weighted by atomic mass is 9.73. The fraction of sp³-hybridized carbons (Fsp3) is 0.688. The average molecular weight is 437 g/mol. The first-order chi connectivity index (χ1) is 10.2. The Bertz CT molecular complexity index is 444. The van der Waals surface area contributed by atoms with Crippen molar-refractivity contribution in [1.82, 2.24) is 5.32 Å². The molecule has 1 atom stereocenters. The Labute approximate surface area is 154 Å². The van der Waals surface area contributed by atoms with Gasteiger partial charge in [-0.05, 0) is 31.2 Å². The lowest BCUT2D eigenvalue weighted by Gasteiger charge is -2.35. The molecule has 3 N–H and O–H groups in total. The zero-order valence-electron chi connectivity index (χ0n) is 13.5. The lowest BCUT2D eigenvalue weighted by molar-refractivity contribution is 0.179. The molecule has 0 saturated heterocycles. The van der Waals surface area contributed by atoms with Crippen molar-refractivity contribution < 1.29 is 4.74 Å². The number of thiophene rings is 1. The molecule has 1 unspecified atom stereocenters. The first-order valence-corrected chi connectivity index (χ1v) is 8.64. The van der Waals surface area contributed by atoms with Crippen molar-refractivity contribution in [2.45, 2.75) is 50.5 Å². The van der Waals surface area contributed by atoms with Gasteiger partial charge < -0.3 is 15.8 Å². The molecule has 1 saturated carbocycles. The fourth-order valence-corrected chi connectivity index (χ4v) is 4.10. The summed E-state index contributed by atoms with van der Waals surface area (Å²) < 4.78 is 5.11. The van der Waals surface area contributed by atoms with Gasteiger partial charge in [-0.2, -0.15) is 0 Å². The van der Waals surface area contributed by atoms with Crippen LogP contribution in [0.5, 0.6) is 0 Å². The maximum Gasteiger partial charge on any atom is 0.188 e. The highest BCUT2D eigenvalue weighted by molar-refractivity contribution is 14.0.